The molecule has 1 heterocycles. The lowest BCUT2D eigenvalue weighted by Gasteiger charge is -2.09. The lowest BCUT2D eigenvalue weighted by Crippen LogP contribution is -2.26. The average molecular weight is 471 g/mol. The van der Waals surface area contributed by atoms with E-state index in [0.717, 1.165) is 22.1 Å². The molecule has 4 rings (SSSR count). The third-order valence-electron chi connectivity index (χ3n) is 5.70. The van der Waals surface area contributed by atoms with Crippen LogP contribution in [-0.4, -0.2) is 40.3 Å². The summed E-state index contributed by atoms with van der Waals surface area (Å²) in [4.78, 5) is 35.2. The Morgan fingerprint density at radius 3 is 2.43 bits per heavy atom. The van der Waals surface area contributed by atoms with Gasteiger partial charge in [-0.05, 0) is 47.7 Å². The number of hydrogen-bond donors (Lipinski definition) is 4. The number of anilines is 1. The van der Waals surface area contributed by atoms with E-state index in [1.807, 2.05) is 42.5 Å². The Morgan fingerprint density at radius 1 is 0.886 bits per heavy atom. The number of carboxylic acid groups (broad SMARTS) is 1. The Labute approximate surface area is 202 Å². The van der Waals surface area contributed by atoms with Crippen LogP contribution in [0.1, 0.15) is 28.8 Å². The zero-order valence-electron chi connectivity index (χ0n) is 19.1. The fourth-order valence-electron chi connectivity index (χ4n) is 3.83. The van der Waals surface area contributed by atoms with Crippen molar-refractivity contribution in [2.45, 2.75) is 19.3 Å². The van der Waals surface area contributed by atoms with Gasteiger partial charge in [0, 0.05) is 24.9 Å². The second-order valence-corrected chi connectivity index (χ2v) is 8.16. The first-order valence-electron chi connectivity index (χ1n) is 11.4. The van der Waals surface area contributed by atoms with E-state index in [-0.39, 0.29) is 17.0 Å². The SMILES string of the molecule is O=C(CCc1cccc(-c2ccc(C(=O)O)cc2)c1)NCCCNc1n[nH]c(=O)c2ccccc12. The summed E-state index contributed by atoms with van der Waals surface area (Å²) in [6.07, 6.45) is 1.70. The molecule has 0 bridgehead atoms. The van der Waals surface area contributed by atoms with Crippen molar-refractivity contribution in [3.8, 4) is 11.1 Å². The molecule has 1 aromatic heterocycles. The Balaban J connectivity index is 1.22. The molecule has 178 valence electrons. The first-order valence-corrected chi connectivity index (χ1v) is 11.4. The molecular weight excluding hydrogens is 444 g/mol. The molecule has 3 aromatic carbocycles. The summed E-state index contributed by atoms with van der Waals surface area (Å²) < 4.78 is 0. The molecule has 8 nitrogen and oxygen atoms in total. The average Bonchev–Trinajstić information content (AvgIpc) is 2.89. The number of aryl methyl sites for hydroxylation is 1. The van der Waals surface area contributed by atoms with Crippen LogP contribution in [0.15, 0.2) is 77.6 Å². The second kappa shape index (κ2) is 11.1. The Kier molecular flexibility index (Phi) is 7.52. The molecule has 0 aliphatic rings. The molecule has 0 saturated carbocycles. The highest BCUT2D eigenvalue weighted by Gasteiger charge is 2.07. The van der Waals surface area contributed by atoms with Gasteiger partial charge in [-0.15, -0.1) is 0 Å². The molecule has 4 aromatic rings. The smallest absolute Gasteiger partial charge is 0.335 e. The first kappa shape index (κ1) is 23.7. The number of nitrogens with zero attached hydrogens (tertiary/aromatic N) is 1. The largest absolute Gasteiger partial charge is 0.478 e. The lowest BCUT2D eigenvalue weighted by molar-refractivity contribution is -0.121. The van der Waals surface area contributed by atoms with Crippen molar-refractivity contribution in [1.82, 2.24) is 15.5 Å². The highest BCUT2D eigenvalue weighted by molar-refractivity contribution is 5.90. The van der Waals surface area contributed by atoms with E-state index in [0.29, 0.717) is 43.6 Å². The van der Waals surface area contributed by atoms with Crippen molar-refractivity contribution in [3.63, 3.8) is 0 Å². The topological polar surface area (TPSA) is 124 Å². The van der Waals surface area contributed by atoms with Crippen LogP contribution in [0.25, 0.3) is 21.9 Å². The van der Waals surface area contributed by atoms with Gasteiger partial charge in [-0.3, -0.25) is 9.59 Å². The molecule has 0 aliphatic carbocycles. The number of benzene rings is 3. The molecule has 0 spiro atoms. The van der Waals surface area contributed by atoms with E-state index >= 15 is 0 Å². The molecule has 0 radical (unpaired) electrons. The molecule has 0 fully saturated rings. The molecule has 0 atom stereocenters. The molecular formula is C27H26N4O4. The minimum Gasteiger partial charge on any atom is -0.478 e. The second-order valence-electron chi connectivity index (χ2n) is 8.16. The van der Waals surface area contributed by atoms with Crippen molar-refractivity contribution in [2.75, 3.05) is 18.4 Å². The fraction of sp³-hybridized carbons (Fsp3) is 0.185. The number of H-pyrrole nitrogens is 1. The number of amides is 1. The Bertz CT molecular complexity index is 1400. The van der Waals surface area contributed by atoms with Crippen LogP contribution in [0.4, 0.5) is 5.82 Å². The monoisotopic (exact) mass is 470 g/mol. The number of aromatic nitrogens is 2. The summed E-state index contributed by atoms with van der Waals surface area (Å²) in [6, 6.07) is 21.9. The predicted octanol–water partition coefficient (Wildman–Crippen LogP) is 3.84. The standard InChI is InChI=1S/C27H26N4O4/c32-24(28-15-4-16-29-25-22-7-1-2-8-23(22)26(33)31-30-25)14-9-18-5-3-6-21(17-18)19-10-12-20(13-11-19)27(34)35/h1-3,5-8,10-13,17H,4,9,14-16H2,(H,28,32)(H,29,30)(H,31,33)(H,34,35). The Hall–Kier alpha value is -4.46. The maximum Gasteiger partial charge on any atom is 0.335 e. The molecule has 35 heavy (non-hydrogen) atoms. The number of aromatic amines is 1. The number of rotatable bonds is 10. The van der Waals surface area contributed by atoms with Crippen LogP contribution in [0.3, 0.4) is 0 Å². The van der Waals surface area contributed by atoms with Crippen LogP contribution in [-0.2, 0) is 11.2 Å². The van der Waals surface area contributed by atoms with Gasteiger partial charge in [-0.2, -0.15) is 5.10 Å². The first-order chi connectivity index (χ1) is 17.0. The maximum absolute atomic E-state index is 12.3. The van der Waals surface area contributed by atoms with Gasteiger partial charge in [0.25, 0.3) is 5.56 Å². The zero-order valence-corrected chi connectivity index (χ0v) is 19.1. The van der Waals surface area contributed by atoms with E-state index in [9.17, 15) is 14.4 Å². The van der Waals surface area contributed by atoms with E-state index in [4.69, 9.17) is 5.11 Å². The molecule has 8 heteroatoms. The molecule has 0 unspecified atom stereocenters. The zero-order chi connectivity index (χ0) is 24.6. The van der Waals surface area contributed by atoms with Gasteiger partial charge < -0.3 is 15.7 Å². The van der Waals surface area contributed by atoms with Gasteiger partial charge in [0.1, 0.15) is 0 Å². The van der Waals surface area contributed by atoms with Crippen LogP contribution in [0.5, 0.6) is 0 Å². The van der Waals surface area contributed by atoms with Gasteiger partial charge in [0.2, 0.25) is 5.91 Å². The molecule has 4 N–H and O–H groups in total. The number of nitrogens with one attached hydrogen (secondary N) is 3. The van der Waals surface area contributed by atoms with Crippen LogP contribution in [0, 0.1) is 0 Å². The van der Waals surface area contributed by atoms with Crippen molar-refractivity contribution in [1.29, 1.82) is 0 Å². The Morgan fingerprint density at radius 2 is 1.66 bits per heavy atom. The minimum atomic E-state index is -0.950. The highest BCUT2D eigenvalue weighted by Crippen LogP contribution is 2.22. The summed E-state index contributed by atoms with van der Waals surface area (Å²) in [5, 5.41) is 23.1. The molecule has 1 amide bonds. The minimum absolute atomic E-state index is 0.0196. The number of carbonyl (C=O) groups excluding carboxylic acids is 1. The summed E-state index contributed by atoms with van der Waals surface area (Å²) in [5.74, 6) is -0.355. The normalized spacial score (nSPS) is 10.7. The third-order valence-corrected chi connectivity index (χ3v) is 5.70. The summed E-state index contributed by atoms with van der Waals surface area (Å²) in [5.41, 5.74) is 2.98. The van der Waals surface area contributed by atoms with Crippen LogP contribution >= 0.6 is 0 Å². The van der Waals surface area contributed by atoms with Gasteiger partial charge >= 0.3 is 5.97 Å². The van der Waals surface area contributed by atoms with Crippen molar-refractivity contribution >= 4 is 28.5 Å². The number of carbonyl (C=O) groups is 2. The van der Waals surface area contributed by atoms with E-state index in [1.165, 1.54) is 0 Å². The number of hydrogen-bond acceptors (Lipinski definition) is 5. The fourth-order valence-corrected chi connectivity index (χ4v) is 3.83. The number of carboxylic acids is 1. The van der Waals surface area contributed by atoms with Gasteiger partial charge in [0.15, 0.2) is 5.82 Å². The lowest BCUT2D eigenvalue weighted by atomic mass is 10.00. The number of fused-ring (bicyclic) bond motifs is 1. The predicted molar refractivity (Wildman–Crippen MR) is 136 cm³/mol. The van der Waals surface area contributed by atoms with E-state index in [2.05, 4.69) is 20.8 Å². The summed E-state index contributed by atoms with van der Waals surface area (Å²) in [6.45, 7) is 1.13. The highest BCUT2D eigenvalue weighted by atomic mass is 16.4. The van der Waals surface area contributed by atoms with E-state index < -0.39 is 5.97 Å². The third kappa shape index (κ3) is 6.11. The van der Waals surface area contributed by atoms with Crippen LogP contribution < -0.4 is 16.2 Å². The molecule has 0 saturated heterocycles. The van der Waals surface area contributed by atoms with Gasteiger partial charge in [-0.1, -0.05) is 54.6 Å². The van der Waals surface area contributed by atoms with Gasteiger partial charge in [-0.25, -0.2) is 9.89 Å². The summed E-state index contributed by atoms with van der Waals surface area (Å²) >= 11 is 0. The summed E-state index contributed by atoms with van der Waals surface area (Å²) in [7, 11) is 0. The van der Waals surface area contributed by atoms with Crippen molar-refractivity contribution in [2.24, 2.45) is 0 Å². The number of aromatic carboxylic acids is 1. The van der Waals surface area contributed by atoms with Crippen molar-refractivity contribution < 1.29 is 14.7 Å². The van der Waals surface area contributed by atoms with Crippen LogP contribution in [0.2, 0.25) is 0 Å². The van der Waals surface area contributed by atoms with E-state index in [1.54, 1.807) is 30.3 Å². The van der Waals surface area contributed by atoms with Crippen molar-refractivity contribution in [3.05, 3.63) is 94.3 Å². The maximum atomic E-state index is 12.3. The van der Waals surface area contributed by atoms with Gasteiger partial charge in [0.05, 0.1) is 10.9 Å². The molecule has 0 aliphatic heterocycles. The quantitative estimate of drug-likeness (QED) is 0.261.